The number of rotatable bonds is 4. The highest BCUT2D eigenvalue weighted by Gasteiger charge is 2.15. The number of ether oxygens (including phenoxy) is 3. The first-order valence-electron chi connectivity index (χ1n) is 4.62. The Balaban J connectivity index is 3.32. The molecule has 0 heterocycles. The maximum atomic E-state index is 9.54. The van der Waals surface area contributed by atoms with Crippen molar-refractivity contribution >= 4 is 0 Å². The zero-order valence-corrected chi connectivity index (χ0v) is 9.48. The number of aliphatic hydroxyl groups excluding tert-OH is 1. The Morgan fingerprint density at radius 3 is 1.94 bits per heavy atom. The molecule has 0 fully saturated rings. The highest BCUT2D eigenvalue weighted by Crippen LogP contribution is 2.39. The van der Waals surface area contributed by atoms with Crippen LogP contribution in [0.15, 0.2) is 12.1 Å². The number of terminal acetylenes is 1. The summed E-state index contributed by atoms with van der Waals surface area (Å²) in [5.41, 5.74) is 0.525. The molecule has 1 rings (SSSR count). The molecule has 86 valence electrons. The molecular weight excluding hydrogens is 208 g/mol. The van der Waals surface area contributed by atoms with E-state index >= 15 is 0 Å². The molecule has 0 aliphatic carbocycles. The average Bonchev–Trinajstić information content (AvgIpc) is 2.35. The molecule has 0 aromatic heterocycles. The van der Waals surface area contributed by atoms with Gasteiger partial charge >= 0.3 is 0 Å². The maximum Gasteiger partial charge on any atom is 0.203 e. The lowest BCUT2D eigenvalue weighted by atomic mass is 10.1. The topological polar surface area (TPSA) is 47.9 Å². The van der Waals surface area contributed by atoms with Gasteiger partial charge in [-0.1, -0.05) is 5.92 Å². The van der Waals surface area contributed by atoms with Crippen molar-refractivity contribution in [1.29, 1.82) is 0 Å². The van der Waals surface area contributed by atoms with Gasteiger partial charge in [-0.05, 0) is 12.1 Å². The van der Waals surface area contributed by atoms with Crippen LogP contribution >= 0.6 is 0 Å². The van der Waals surface area contributed by atoms with Crippen LogP contribution < -0.4 is 14.2 Å². The van der Waals surface area contributed by atoms with Gasteiger partial charge in [0.15, 0.2) is 11.5 Å². The molecule has 0 saturated heterocycles. The molecule has 1 atom stereocenters. The fourth-order valence-electron chi connectivity index (χ4n) is 1.36. The summed E-state index contributed by atoms with van der Waals surface area (Å²) in [5.74, 6) is 3.62. The van der Waals surface area contributed by atoms with Gasteiger partial charge in [0.05, 0.1) is 21.3 Å². The monoisotopic (exact) mass is 222 g/mol. The average molecular weight is 222 g/mol. The second-order valence-electron chi connectivity index (χ2n) is 3.03. The lowest BCUT2D eigenvalue weighted by Crippen LogP contribution is -1.99. The lowest BCUT2D eigenvalue weighted by Gasteiger charge is -2.14. The van der Waals surface area contributed by atoms with Gasteiger partial charge < -0.3 is 19.3 Å². The largest absolute Gasteiger partial charge is 0.493 e. The smallest absolute Gasteiger partial charge is 0.203 e. The molecule has 1 aromatic carbocycles. The zero-order valence-electron chi connectivity index (χ0n) is 9.48. The summed E-state index contributed by atoms with van der Waals surface area (Å²) in [7, 11) is 4.52. The highest BCUT2D eigenvalue weighted by atomic mass is 16.5. The summed E-state index contributed by atoms with van der Waals surface area (Å²) in [5, 5.41) is 9.54. The molecule has 0 saturated carbocycles. The van der Waals surface area contributed by atoms with Crippen LogP contribution in [0.2, 0.25) is 0 Å². The number of aliphatic hydroxyl groups is 1. The predicted octanol–water partition coefficient (Wildman–Crippen LogP) is 1.38. The molecule has 0 aliphatic rings. The third-order valence-electron chi connectivity index (χ3n) is 2.16. The quantitative estimate of drug-likeness (QED) is 0.782. The van der Waals surface area contributed by atoms with Gasteiger partial charge in [-0.15, -0.1) is 6.42 Å². The van der Waals surface area contributed by atoms with Gasteiger partial charge in [-0.2, -0.15) is 0 Å². The minimum atomic E-state index is -0.992. The van der Waals surface area contributed by atoms with E-state index in [1.165, 1.54) is 21.3 Å². The molecule has 0 aliphatic heterocycles. The van der Waals surface area contributed by atoms with Crippen LogP contribution in [0.5, 0.6) is 17.2 Å². The Hall–Kier alpha value is -1.86. The Morgan fingerprint density at radius 1 is 1.12 bits per heavy atom. The summed E-state index contributed by atoms with van der Waals surface area (Å²) in [6.45, 7) is 0. The van der Waals surface area contributed by atoms with Gasteiger partial charge in [0.25, 0.3) is 0 Å². The standard InChI is InChI=1S/C12H14O4/c1-5-9(13)8-6-10(14-2)12(16-4)11(7-8)15-3/h1,6-7,9,13H,2-4H3/t9-/m0/s1. The molecule has 0 bridgehead atoms. The van der Waals surface area contributed by atoms with Crippen LogP contribution in [-0.2, 0) is 0 Å². The highest BCUT2D eigenvalue weighted by molar-refractivity contribution is 5.54. The molecule has 1 N–H and O–H groups in total. The first-order valence-corrected chi connectivity index (χ1v) is 4.62. The first-order chi connectivity index (χ1) is 7.67. The van der Waals surface area contributed by atoms with E-state index in [1.807, 2.05) is 0 Å². The third-order valence-corrected chi connectivity index (χ3v) is 2.16. The Bertz CT molecular complexity index is 381. The summed E-state index contributed by atoms with van der Waals surface area (Å²) in [6.07, 6.45) is 4.15. The van der Waals surface area contributed by atoms with Gasteiger partial charge in [0.1, 0.15) is 6.10 Å². The van der Waals surface area contributed by atoms with Gasteiger partial charge in [-0.3, -0.25) is 0 Å². The fourth-order valence-corrected chi connectivity index (χ4v) is 1.36. The van der Waals surface area contributed by atoms with Crippen LogP contribution in [-0.4, -0.2) is 26.4 Å². The summed E-state index contributed by atoms with van der Waals surface area (Å²) in [4.78, 5) is 0. The van der Waals surface area contributed by atoms with Crippen molar-refractivity contribution in [2.75, 3.05) is 21.3 Å². The molecule has 1 aromatic rings. The first kappa shape index (κ1) is 12.2. The number of benzene rings is 1. The Labute approximate surface area is 94.8 Å². The van der Waals surface area contributed by atoms with Crippen molar-refractivity contribution in [1.82, 2.24) is 0 Å². The number of hydrogen-bond donors (Lipinski definition) is 1. The summed E-state index contributed by atoms with van der Waals surface area (Å²) in [6, 6.07) is 3.23. The van der Waals surface area contributed by atoms with Crippen molar-refractivity contribution in [3.05, 3.63) is 17.7 Å². The molecule has 4 nitrogen and oxygen atoms in total. The Morgan fingerprint density at radius 2 is 1.62 bits per heavy atom. The molecule has 0 spiro atoms. The second kappa shape index (κ2) is 5.29. The second-order valence-corrected chi connectivity index (χ2v) is 3.03. The van der Waals surface area contributed by atoms with E-state index in [2.05, 4.69) is 5.92 Å². The SMILES string of the molecule is C#C[C@H](O)c1cc(OC)c(OC)c(OC)c1. The van der Waals surface area contributed by atoms with Crippen molar-refractivity contribution < 1.29 is 19.3 Å². The third kappa shape index (κ3) is 2.20. The molecule has 0 unspecified atom stereocenters. The van der Waals surface area contributed by atoms with Gasteiger partial charge in [0.2, 0.25) is 5.75 Å². The van der Waals surface area contributed by atoms with E-state index in [0.717, 1.165) is 0 Å². The van der Waals surface area contributed by atoms with Crippen LogP contribution in [0, 0.1) is 12.3 Å². The minimum Gasteiger partial charge on any atom is -0.493 e. The van der Waals surface area contributed by atoms with Crippen molar-refractivity contribution in [3.8, 4) is 29.6 Å². The van der Waals surface area contributed by atoms with E-state index in [-0.39, 0.29) is 0 Å². The van der Waals surface area contributed by atoms with Crippen LogP contribution in [0.4, 0.5) is 0 Å². The normalized spacial score (nSPS) is 11.4. The summed E-state index contributed by atoms with van der Waals surface area (Å²) >= 11 is 0. The fraction of sp³-hybridized carbons (Fsp3) is 0.333. The van der Waals surface area contributed by atoms with E-state index in [9.17, 15) is 5.11 Å². The van der Waals surface area contributed by atoms with Crippen LogP contribution in [0.25, 0.3) is 0 Å². The van der Waals surface area contributed by atoms with Crippen molar-refractivity contribution in [2.24, 2.45) is 0 Å². The van der Waals surface area contributed by atoms with E-state index in [4.69, 9.17) is 20.6 Å². The van der Waals surface area contributed by atoms with E-state index in [1.54, 1.807) is 12.1 Å². The van der Waals surface area contributed by atoms with Gasteiger partial charge in [-0.25, -0.2) is 0 Å². The molecule has 0 amide bonds. The summed E-state index contributed by atoms with van der Waals surface area (Å²) < 4.78 is 15.4. The minimum absolute atomic E-state index is 0.464. The van der Waals surface area contributed by atoms with Crippen molar-refractivity contribution in [3.63, 3.8) is 0 Å². The number of hydrogen-bond acceptors (Lipinski definition) is 4. The molecule has 0 radical (unpaired) electrons. The molecule has 4 heteroatoms. The molecule has 16 heavy (non-hydrogen) atoms. The maximum absolute atomic E-state index is 9.54. The molecular formula is C12H14O4. The van der Waals surface area contributed by atoms with E-state index in [0.29, 0.717) is 22.8 Å². The zero-order chi connectivity index (χ0) is 12.1. The van der Waals surface area contributed by atoms with Crippen molar-refractivity contribution in [2.45, 2.75) is 6.10 Å². The van der Waals surface area contributed by atoms with E-state index < -0.39 is 6.10 Å². The van der Waals surface area contributed by atoms with Crippen LogP contribution in [0.1, 0.15) is 11.7 Å². The predicted molar refractivity (Wildman–Crippen MR) is 59.9 cm³/mol. The Kier molecular flexibility index (Phi) is 4.03. The number of methoxy groups -OCH3 is 3. The van der Waals surface area contributed by atoms with Gasteiger partial charge in [0, 0.05) is 5.56 Å². The lowest BCUT2D eigenvalue weighted by molar-refractivity contribution is 0.236. The van der Waals surface area contributed by atoms with Crippen LogP contribution in [0.3, 0.4) is 0 Å².